The number of thiophene rings is 1. The molecule has 1 aliphatic heterocycles. The van der Waals surface area contributed by atoms with Crippen LogP contribution >= 0.6 is 22.9 Å². The first-order valence-corrected chi connectivity index (χ1v) is 10.2. The zero-order valence-corrected chi connectivity index (χ0v) is 16.8. The fourth-order valence-electron chi connectivity index (χ4n) is 3.50. The molecule has 1 N–H and O–H groups in total. The van der Waals surface area contributed by atoms with E-state index < -0.39 is 0 Å². The summed E-state index contributed by atoms with van der Waals surface area (Å²) in [5, 5.41) is 12.6. The molecular formula is C20H17ClN4O2S. The van der Waals surface area contributed by atoms with Crippen molar-refractivity contribution in [2.24, 2.45) is 0 Å². The predicted molar refractivity (Wildman–Crippen MR) is 110 cm³/mol. The number of aryl methyl sites for hydroxylation is 2. The molecule has 0 bridgehead atoms. The van der Waals surface area contributed by atoms with Crippen molar-refractivity contribution >= 4 is 44.7 Å². The van der Waals surface area contributed by atoms with E-state index in [9.17, 15) is 9.59 Å². The highest BCUT2D eigenvalue weighted by atomic mass is 35.5. The van der Waals surface area contributed by atoms with Crippen LogP contribution in [0.3, 0.4) is 0 Å². The summed E-state index contributed by atoms with van der Waals surface area (Å²) < 4.78 is 1.76. The Balaban J connectivity index is 1.73. The SMILES string of the molecule is Cc1c(C(=O)Nc2ccc(C#N)c(Cl)c2)sc2nc3n(c(=O)c12)CCCCC3. The van der Waals surface area contributed by atoms with Gasteiger partial charge in [-0.25, -0.2) is 4.98 Å². The summed E-state index contributed by atoms with van der Waals surface area (Å²) in [7, 11) is 0. The normalized spacial score (nSPS) is 13.6. The Labute approximate surface area is 170 Å². The molecule has 0 spiro atoms. The fourth-order valence-corrected chi connectivity index (χ4v) is 4.81. The number of carbonyl (C=O) groups is 1. The average Bonchev–Trinajstić information content (AvgIpc) is 2.84. The summed E-state index contributed by atoms with van der Waals surface area (Å²) >= 11 is 7.27. The van der Waals surface area contributed by atoms with Crippen LogP contribution in [0.15, 0.2) is 23.0 Å². The van der Waals surface area contributed by atoms with Gasteiger partial charge in [-0.15, -0.1) is 11.3 Å². The molecule has 0 fully saturated rings. The van der Waals surface area contributed by atoms with Crippen molar-refractivity contribution in [1.29, 1.82) is 5.26 Å². The Hall–Kier alpha value is -2.69. The Kier molecular flexibility index (Phi) is 4.92. The van der Waals surface area contributed by atoms with Crippen LogP contribution in [-0.4, -0.2) is 15.5 Å². The highest BCUT2D eigenvalue weighted by molar-refractivity contribution is 7.20. The van der Waals surface area contributed by atoms with Gasteiger partial charge in [0.05, 0.1) is 20.8 Å². The van der Waals surface area contributed by atoms with Gasteiger partial charge in [-0.1, -0.05) is 18.0 Å². The minimum Gasteiger partial charge on any atom is -0.321 e. The van der Waals surface area contributed by atoms with Gasteiger partial charge >= 0.3 is 0 Å². The molecule has 142 valence electrons. The van der Waals surface area contributed by atoms with Gasteiger partial charge in [-0.3, -0.25) is 14.2 Å². The van der Waals surface area contributed by atoms with Gasteiger partial charge < -0.3 is 5.32 Å². The molecule has 0 atom stereocenters. The fraction of sp³-hybridized carbons (Fsp3) is 0.300. The number of halogens is 1. The molecule has 0 aliphatic carbocycles. The molecule has 8 heteroatoms. The number of rotatable bonds is 2. The monoisotopic (exact) mass is 412 g/mol. The smallest absolute Gasteiger partial charge is 0.266 e. The average molecular weight is 413 g/mol. The van der Waals surface area contributed by atoms with Crippen molar-refractivity contribution in [3.05, 3.63) is 55.4 Å². The lowest BCUT2D eigenvalue weighted by molar-refractivity contribution is 0.103. The van der Waals surface area contributed by atoms with Crippen molar-refractivity contribution in [2.75, 3.05) is 5.32 Å². The molecule has 0 saturated carbocycles. The van der Waals surface area contributed by atoms with E-state index in [0.717, 1.165) is 31.5 Å². The Morgan fingerprint density at radius 3 is 2.93 bits per heavy atom. The molecule has 2 aromatic heterocycles. The number of anilines is 1. The molecule has 3 aromatic rings. The molecule has 4 rings (SSSR count). The van der Waals surface area contributed by atoms with Gasteiger partial charge in [0.2, 0.25) is 0 Å². The number of amides is 1. The molecule has 6 nitrogen and oxygen atoms in total. The zero-order chi connectivity index (χ0) is 19.8. The number of aromatic nitrogens is 2. The van der Waals surface area contributed by atoms with Crippen LogP contribution in [-0.2, 0) is 13.0 Å². The second-order valence-electron chi connectivity index (χ2n) is 6.79. The maximum atomic E-state index is 13.0. The quantitative estimate of drug-likeness (QED) is 0.680. The highest BCUT2D eigenvalue weighted by Crippen LogP contribution is 2.29. The number of carbonyl (C=O) groups excluding carboxylic acids is 1. The summed E-state index contributed by atoms with van der Waals surface area (Å²) in [4.78, 5) is 31.6. The lowest BCUT2D eigenvalue weighted by Crippen LogP contribution is -2.24. The predicted octanol–water partition coefficient (Wildman–Crippen LogP) is 4.27. The number of nitrogens with zero attached hydrogens (tertiary/aromatic N) is 3. The maximum absolute atomic E-state index is 13.0. The van der Waals surface area contributed by atoms with Crippen LogP contribution in [0.5, 0.6) is 0 Å². The summed E-state index contributed by atoms with van der Waals surface area (Å²) in [6.45, 7) is 2.46. The van der Waals surface area contributed by atoms with Crippen LogP contribution in [0, 0.1) is 18.3 Å². The molecule has 1 aromatic carbocycles. The Morgan fingerprint density at radius 2 is 2.18 bits per heavy atom. The number of hydrogen-bond acceptors (Lipinski definition) is 5. The highest BCUT2D eigenvalue weighted by Gasteiger charge is 2.22. The lowest BCUT2D eigenvalue weighted by Gasteiger charge is -2.08. The first-order chi connectivity index (χ1) is 13.5. The second kappa shape index (κ2) is 7.38. The summed E-state index contributed by atoms with van der Waals surface area (Å²) in [5.41, 5.74) is 1.42. The molecule has 0 unspecified atom stereocenters. The molecule has 0 saturated heterocycles. The van der Waals surface area contributed by atoms with Gasteiger partial charge in [0.1, 0.15) is 16.7 Å². The van der Waals surface area contributed by atoms with Gasteiger partial charge in [0.25, 0.3) is 11.5 Å². The van der Waals surface area contributed by atoms with Crippen LogP contribution in [0.1, 0.15) is 45.9 Å². The van der Waals surface area contributed by atoms with Crippen LogP contribution < -0.4 is 10.9 Å². The lowest BCUT2D eigenvalue weighted by atomic mass is 10.2. The first-order valence-electron chi connectivity index (χ1n) is 9.03. The van der Waals surface area contributed by atoms with E-state index in [1.54, 1.807) is 23.6 Å². The Morgan fingerprint density at radius 1 is 1.36 bits per heavy atom. The van der Waals surface area contributed by atoms with Gasteiger partial charge in [-0.2, -0.15) is 5.26 Å². The summed E-state index contributed by atoms with van der Waals surface area (Å²) in [6.07, 6.45) is 3.87. The largest absolute Gasteiger partial charge is 0.321 e. The molecule has 0 radical (unpaired) electrons. The molecule has 1 aliphatic rings. The van der Waals surface area contributed by atoms with Crippen molar-refractivity contribution < 1.29 is 4.79 Å². The minimum atomic E-state index is -0.319. The zero-order valence-electron chi connectivity index (χ0n) is 15.2. The molecule has 3 heterocycles. The van der Waals surface area contributed by atoms with Crippen LogP contribution in [0.2, 0.25) is 5.02 Å². The third kappa shape index (κ3) is 3.19. The van der Waals surface area contributed by atoms with E-state index in [0.29, 0.717) is 38.5 Å². The van der Waals surface area contributed by atoms with Crippen molar-refractivity contribution in [1.82, 2.24) is 9.55 Å². The van der Waals surface area contributed by atoms with Gasteiger partial charge in [0.15, 0.2) is 0 Å². The van der Waals surface area contributed by atoms with E-state index in [1.165, 1.54) is 17.4 Å². The Bertz CT molecular complexity index is 1210. The van der Waals surface area contributed by atoms with E-state index in [1.807, 2.05) is 6.07 Å². The third-order valence-corrected chi connectivity index (χ3v) is 6.46. The number of benzene rings is 1. The number of nitriles is 1. The molecule has 1 amide bonds. The minimum absolute atomic E-state index is 0.0592. The van der Waals surface area contributed by atoms with Crippen LogP contribution in [0.25, 0.3) is 10.2 Å². The maximum Gasteiger partial charge on any atom is 0.266 e. The summed E-state index contributed by atoms with van der Waals surface area (Å²) in [5.74, 6) is 0.489. The van der Waals surface area contributed by atoms with Crippen molar-refractivity contribution in [3.8, 4) is 6.07 Å². The van der Waals surface area contributed by atoms with E-state index in [4.69, 9.17) is 16.9 Å². The van der Waals surface area contributed by atoms with Crippen LogP contribution in [0.4, 0.5) is 5.69 Å². The molecular weight excluding hydrogens is 396 g/mol. The third-order valence-electron chi connectivity index (χ3n) is 4.97. The van der Waals surface area contributed by atoms with Crippen molar-refractivity contribution in [3.63, 3.8) is 0 Å². The number of fused-ring (bicyclic) bond motifs is 2. The topological polar surface area (TPSA) is 87.8 Å². The van der Waals surface area contributed by atoms with E-state index >= 15 is 0 Å². The van der Waals surface area contributed by atoms with Gasteiger partial charge in [-0.05, 0) is 43.5 Å². The molecule has 28 heavy (non-hydrogen) atoms. The van der Waals surface area contributed by atoms with Gasteiger partial charge in [0, 0.05) is 18.7 Å². The van der Waals surface area contributed by atoms with E-state index in [-0.39, 0.29) is 16.5 Å². The van der Waals surface area contributed by atoms with E-state index in [2.05, 4.69) is 10.3 Å². The van der Waals surface area contributed by atoms with Crippen molar-refractivity contribution in [2.45, 2.75) is 39.2 Å². The standard InChI is InChI=1S/C20H17ClN4O2S/c1-11-16-19(24-15-5-3-2-4-8-25(15)20(16)27)28-17(11)18(26)23-13-7-6-12(10-22)14(21)9-13/h6-7,9H,2-5,8H2,1H3,(H,23,26). The second-order valence-corrected chi connectivity index (χ2v) is 8.20. The first kappa shape index (κ1) is 18.7. The summed E-state index contributed by atoms with van der Waals surface area (Å²) in [6, 6.07) is 6.70. The number of hydrogen-bond donors (Lipinski definition) is 1. The number of nitrogens with one attached hydrogen (secondary N) is 1.